The number of nitrogens with zero attached hydrogens (tertiary/aromatic N) is 1. The molecule has 0 amide bonds. The lowest BCUT2D eigenvalue weighted by Gasteiger charge is -2.44. The van der Waals surface area contributed by atoms with E-state index in [1.165, 1.54) is 5.56 Å². The van der Waals surface area contributed by atoms with Gasteiger partial charge in [0, 0.05) is 23.1 Å². The Morgan fingerprint density at radius 2 is 2.10 bits per heavy atom. The molecule has 20 heavy (non-hydrogen) atoms. The summed E-state index contributed by atoms with van der Waals surface area (Å²) in [7, 11) is 0. The SMILES string of the molecule is CC(N)C(c1ccc(Br)cc1)N1CC(CO)OCC1C. The lowest BCUT2D eigenvalue weighted by atomic mass is 9.96. The number of aliphatic hydroxyl groups excluding tert-OH is 1. The molecule has 2 rings (SSSR count). The molecule has 0 saturated carbocycles. The molecule has 1 aromatic rings. The quantitative estimate of drug-likeness (QED) is 0.877. The van der Waals surface area contributed by atoms with Gasteiger partial charge < -0.3 is 15.6 Å². The molecule has 0 aromatic heterocycles. The summed E-state index contributed by atoms with van der Waals surface area (Å²) in [4.78, 5) is 2.35. The van der Waals surface area contributed by atoms with Gasteiger partial charge in [-0.15, -0.1) is 0 Å². The van der Waals surface area contributed by atoms with Crippen molar-refractivity contribution in [2.75, 3.05) is 19.8 Å². The van der Waals surface area contributed by atoms with Crippen LogP contribution in [-0.2, 0) is 4.74 Å². The van der Waals surface area contributed by atoms with Crippen LogP contribution in [0.25, 0.3) is 0 Å². The van der Waals surface area contributed by atoms with Gasteiger partial charge in [0.25, 0.3) is 0 Å². The molecule has 1 aromatic carbocycles. The summed E-state index contributed by atoms with van der Waals surface area (Å²) in [5.74, 6) is 0. The number of halogens is 1. The monoisotopic (exact) mass is 342 g/mol. The van der Waals surface area contributed by atoms with Gasteiger partial charge >= 0.3 is 0 Å². The minimum absolute atomic E-state index is 0.0102. The molecule has 4 nitrogen and oxygen atoms in total. The molecule has 112 valence electrons. The molecule has 1 heterocycles. The summed E-state index contributed by atoms with van der Waals surface area (Å²) in [5, 5.41) is 9.33. The van der Waals surface area contributed by atoms with E-state index in [1.54, 1.807) is 0 Å². The highest BCUT2D eigenvalue weighted by molar-refractivity contribution is 9.10. The average molecular weight is 343 g/mol. The molecule has 1 aliphatic rings. The largest absolute Gasteiger partial charge is 0.394 e. The van der Waals surface area contributed by atoms with Crippen LogP contribution < -0.4 is 5.73 Å². The average Bonchev–Trinajstić information content (AvgIpc) is 2.43. The number of rotatable bonds is 4. The second kappa shape index (κ2) is 7.00. The Hall–Kier alpha value is -0.460. The Bertz CT molecular complexity index is 424. The first-order valence-corrected chi connectivity index (χ1v) is 7.81. The third-order valence-corrected chi connectivity index (χ3v) is 4.35. The normalized spacial score (nSPS) is 27.2. The van der Waals surface area contributed by atoms with Gasteiger partial charge in [0.2, 0.25) is 0 Å². The Balaban J connectivity index is 2.25. The standard InChI is InChI=1S/C15H23BrN2O2/c1-10-9-20-14(8-19)7-18(10)15(11(2)17)12-3-5-13(16)6-4-12/h3-6,10-11,14-15,19H,7-9,17H2,1-2H3. The number of benzene rings is 1. The van der Waals surface area contributed by atoms with Crippen molar-refractivity contribution in [3.05, 3.63) is 34.3 Å². The van der Waals surface area contributed by atoms with Crippen LogP contribution in [0.1, 0.15) is 25.5 Å². The van der Waals surface area contributed by atoms with Gasteiger partial charge in [-0.2, -0.15) is 0 Å². The Morgan fingerprint density at radius 3 is 2.65 bits per heavy atom. The number of ether oxygens (including phenoxy) is 1. The van der Waals surface area contributed by atoms with Gasteiger partial charge in [-0.05, 0) is 31.5 Å². The second-order valence-electron chi connectivity index (χ2n) is 5.54. The third kappa shape index (κ3) is 3.59. The highest BCUT2D eigenvalue weighted by Gasteiger charge is 2.33. The molecule has 4 atom stereocenters. The topological polar surface area (TPSA) is 58.7 Å². The van der Waals surface area contributed by atoms with Gasteiger partial charge in [0.15, 0.2) is 0 Å². The van der Waals surface area contributed by atoms with E-state index in [9.17, 15) is 5.11 Å². The van der Waals surface area contributed by atoms with Crippen LogP contribution in [0, 0.1) is 0 Å². The fraction of sp³-hybridized carbons (Fsp3) is 0.600. The summed E-state index contributed by atoms with van der Waals surface area (Å²) in [6.07, 6.45) is -0.122. The summed E-state index contributed by atoms with van der Waals surface area (Å²) >= 11 is 3.46. The van der Waals surface area contributed by atoms with Crippen molar-refractivity contribution in [3.63, 3.8) is 0 Å². The van der Waals surface area contributed by atoms with Gasteiger partial charge in [-0.3, -0.25) is 4.90 Å². The fourth-order valence-corrected chi connectivity index (χ4v) is 3.06. The molecule has 1 fully saturated rings. The van der Waals surface area contributed by atoms with E-state index in [2.05, 4.69) is 39.9 Å². The van der Waals surface area contributed by atoms with Crippen molar-refractivity contribution >= 4 is 15.9 Å². The summed E-state index contributed by atoms with van der Waals surface area (Å²) in [6.45, 7) is 5.56. The van der Waals surface area contributed by atoms with Crippen LogP contribution in [-0.4, -0.2) is 48.0 Å². The number of nitrogens with two attached hydrogens (primary N) is 1. The van der Waals surface area contributed by atoms with Gasteiger partial charge in [0.05, 0.1) is 25.4 Å². The van der Waals surface area contributed by atoms with Gasteiger partial charge in [0.1, 0.15) is 0 Å². The van der Waals surface area contributed by atoms with E-state index in [0.29, 0.717) is 13.2 Å². The lowest BCUT2D eigenvalue weighted by molar-refractivity contribution is -0.0941. The first kappa shape index (κ1) is 15.9. The van der Waals surface area contributed by atoms with E-state index in [0.717, 1.165) is 4.47 Å². The summed E-state index contributed by atoms with van der Waals surface area (Å²) < 4.78 is 6.68. The summed E-state index contributed by atoms with van der Waals surface area (Å²) in [5.41, 5.74) is 7.43. The minimum Gasteiger partial charge on any atom is -0.394 e. The van der Waals surface area contributed by atoms with Crippen molar-refractivity contribution in [2.24, 2.45) is 5.73 Å². The van der Waals surface area contributed by atoms with Crippen LogP contribution in [0.4, 0.5) is 0 Å². The van der Waals surface area contributed by atoms with Crippen LogP contribution >= 0.6 is 15.9 Å². The first-order valence-electron chi connectivity index (χ1n) is 7.02. The van der Waals surface area contributed by atoms with Crippen molar-refractivity contribution in [2.45, 2.75) is 38.1 Å². The lowest BCUT2D eigenvalue weighted by Crippen LogP contribution is -2.54. The Labute approximate surface area is 129 Å². The molecule has 3 N–H and O–H groups in total. The predicted molar refractivity (Wildman–Crippen MR) is 83.5 cm³/mol. The molecule has 0 aliphatic carbocycles. The third-order valence-electron chi connectivity index (χ3n) is 3.82. The molecular formula is C15H23BrN2O2. The molecular weight excluding hydrogens is 320 g/mol. The van der Waals surface area contributed by atoms with Crippen LogP contribution in [0.5, 0.6) is 0 Å². The van der Waals surface area contributed by atoms with Gasteiger partial charge in [-0.25, -0.2) is 0 Å². The Morgan fingerprint density at radius 1 is 1.45 bits per heavy atom. The zero-order chi connectivity index (χ0) is 14.7. The minimum atomic E-state index is -0.122. The highest BCUT2D eigenvalue weighted by atomic mass is 79.9. The molecule has 0 bridgehead atoms. The molecule has 0 spiro atoms. The van der Waals surface area contributed by atoms with E-state index in [1.807, 2.05) is 19.1 Å². The maximum absolute atomic E-state index is 9.33. The van der Waals surface area contributed by atoms with Crippen molar-refractivity contribution < 1.29 is 9.84 Å². The molecule has 1 saturated heterocycles. The predicted octanol–water partition coefficient (Wildman–Crippen LogP) is 1.92. The van der Waals surface area contributed by atoms with E-state index in [-0.39, 0.29) is 30.8 Å². The smallest absolute Gasteiger partial charge is 0.0933 e. The fourth-order valence-electron chi connectivity index (χ4n) is 2.79. The van der Waals surface area contributed by atoms with Crippen molar-refractivity contribution in [1.29, 1.82) is 0 Å². The van der Waals surface area contributed by atoms with Crippen LogP contribution in [0.15, 0.2) is 28.7 Å². The number of aliphatic hydroxyl groups is 1. The van der Waals surface area contributed by atoms with E-state index >= 15 is 0 Å². The van der Waals surface area contributed by atoms with E-state index in [4.69, 9.17) is 10.5 Å². The van der Waals surface area contributed by atoms with Crippen LogP contribution in [0.2, 0.25) is 0 Å². The Kier molecular flexibility index (Phi) is 5.57. The molecule has 4 unspecified atom stereocenters. The maximum atomic E-state index is 9.33. The number of morpholine rings is 1. The maximum Gasteiger partial charge on any atom is 0.0933 e. The first-order chi connectivity index (χ1) is 9.52. The van der Waals surface area contributed by atoms with Gasteiger partial charge in [-0.1, -0.05) is 28.1 Å². The molecule has 5 heteroatoms. The van der Waals surface area contributed by atoms with Crippen molar-refractivity contribution in [1.82, 2.24) is 4.90 Å². The number of hydrogen-bond acceptors (Lipinski definition) is 4. The van der Waals surface area contributed by atoms with Crippen LogP contribution in [0.3, 0.4) is 0 Å². The zero-order valence-electron chi connectivity index (χ0n) is 12.0. The second-order valence-corrected chi connectivity index (χ2v) is 6.45. The molecule has 0 radical (unpaired) electrons. The van der Waals surface area contributed by atoms with E-state index < -0.39 is 0 Å². The highest BCUT2D eigenvalue weighted by Crippen LogP contribution is 2.29. The summed E-state index contributed by atoms with van der Waals surface area (Å²) in [6, 6.07) is 8.73. The van der Waals surface area contributed by atoms with Crippen molar-refractivity contribution in [3.8, 4) is 0 Å². The zero-order valence-corrected chi connectivity index (χ0v) is 13.6. The molecule has 1 aliphatic heterocycles. The number of hydrogen-bond donors (Lipinski definition) is 2.